The minimum absolute atomic E-state index is 0.867. The third-order valence-electron chi connectivity index (χ3n) is 3.12. The molecule has 0 aromatic rings. The lowest BCUT2D eigenvalue weighted by Crippen LogP contribution is -2.22. The summed E-state index contributed by atoms with van der Waals surface area (Å²) in [5.41, 5.74) is 0. The van der Waals surface area contributed by atoms with Crippen molar-refractivity contribution in [2.75, 3.05) is 27.2 Å². The summed E-state index contributed by atoms with van der Waals surface area (Å²) in [4.78, 5) is 0. The normalized spacial score (nSPS) is 15.4. The van der Waals surface area contributed by atoms with Crippen LogP contribution in [-0.4, -0.2) is 27.2 Å². The smallest absolute Gasteiger partial charge is 0.00236 e. The van der Waals surface area contributed by atoms with Crippen LogP contribution in [0.3, 0.4) is 0 Å². The van der Waals surface area contributed by atoms with E-state index in [0.717, 1.165) is 11.8 Å². The van der Waals surface area contributed by atoms with E-state index < -0.39 is 0 Å². The first-order chi connectivity index (χ1) is 6.78. The molecule has 2 heteroatoms. The maximum absolute atomic E-state index is 3.28. The Morgan fingerprint density at radius 3 is 1.36 bits per heavy atom. The molecule has 2 unspecified atom stereocenters. The molecule has 0 radical (unpaired) electrons. The molecule has 0 aliphatic carbocycles. The molecule has 2 nitrogen and oxygen atoms in total. The van der Waals surface area contributed by atoms with Crippen molar-refractivity contribution < 1.29 is 0 Å². The van der Waals surface area contributed by atoms with Crippen LogP contribution in [0.5, 0.6) is 0 Å². The Balaban J connectivity index is 3.63. The first-order valence-corrected chi connectivity index (χ1v) is 6.07. The Morgan fingerprint density at radius 2 is 1.14 bits per heavy atom. The van der Waals surface area contributed by atoms with Gasteiger partial charge in [-0.2, -0.15) is 0 Å². The standard InChI is InChI=1S/C12H28N2/c1-5-11(9-13-3)7-8-12(6-2)10-14-4/h11-14H,5-10H2,1-4H3. The zero-order chi connectivity index (χ0) is 10.8. The van der Waals surface area contributed by atoms with Crippen molar-refractivity contribution in [3.05, 3.63) is 0 Å². The summed E-state index contributed by atoms with van der Waals surface area (Å²) in [6, 6.07) is 0. The van der Waals surface area contributed by atoms with Gasteiger partial charge < -0.3 is 10.6 Å². The second-order valence-electron chi connectivity index (χ2n) is 4.24. The molecule has 2 N–H and O–H groups in total. The van der Waals surface area contributed by atoms with Gasteiger partial charge >= 0.3 is 0 Å². The van der Waals surface area contributed by atoms with E-state index in [4.69, 9.17) is 0 Å². The van der Waals surface area contributed by atoms with E-state index in [1.807, 2.05) is 14.1 Å². The predicted molar refractivity (Wildman–Crippen MR) is 64.6 cm³/mol. The second kappa shape index (κ2) is 9.47. The molecule has 0 aliphatic rings. The molecule has 0 saturated heterocycles. The quantitative estimate of drug-likeness (QED) is 0.596. The van der Waals surface area contributed by atoms with Gasteiger partial charge in [0, 0.05) is 0 Å². The lowest BCUT2D eigenvalue weighted by molar-refractivity contribution is 0.363. The van der Waals surface area contributed by atoms with Crippen molar-refractivity contribution in [3.63, 3.8) is 0 Å². The molecular formula is C12H28N2. The van der Waals surface area contributed by atoms with Gasteiger partial charge in [0.25, 0.3) is 0 Å². The van der Waals surface area contributed by atoms with Crippen LogP contribution in [0, 0.1) is 11.8 Å². The van der Waals surface area contributed by atoms with Crippen LogP contribution >= 0.6 is 0 Å². The third-order valence-corrected chi connectivity index (χ3v) is 3.12. The van der Waals surface area contributed by atoms with Crippen LogP contribution in [0.2, 0.25) is 0 Å². The highest BCUT2D eigenvalue weighted by Crippen LogP contribution is 2.16. The molecule has 0 fully saturated rings. The van der Waals surface area contributed by atoms with Crippen LogP contribution in [-0.2, 0) is 0 Å². The summed E-state index contributed by atoms with van der Waals surface area (Å²) in [6.45, 7) is 6.93. The van der Waals surface area contributed by atoms with E-state index in [1.165, 1.54) is 38.8 Å². The fraction of sp³-hybridized carbons (Fsp3) is 1.00. The highest BCUT2D eigenvalue weighted by molar-refractivity contribution is 4.65. The number of rotatable bonds is 9. The van der Waals surface area contributed by atoms with E-state index >= 15 is 0 Å². The molecule has 0 aromatic carbocycles. The van der Waals surface area contributed by atoms with Crippen molar-refractivity contribution in [2.24, 2.45) is 11.8 Å². The predicted octanol–water partition coefficient (Wildman–Crippen LogP) is 2.26. The monoisotopic (exact) mass is 200 g/mol. The molecule has 0 heterocycles. The Hall–Kier alpha value is -0.0800. The molecule has 86 valence electrons. The van der Waals surface area contributed by atoms with Crippen molar-refractivity contribution in [1.82, 2.24) is 10.6 Å². The van der Waals surface area contributed by atoms with Crippen LogP contribution < -0.4 is 10.6 Å². The van der Waals surface area contributed by atoms with E-state index in [2.05, 4.69) is 24.5 Å². The van der Waals surface area contributed by atoms with E-state index in [9.17, 15) is 0 Å². The van der Waals surface area contributed by atoms with Crippen LogP contribution in [0.15, 0.2) is 0 Å². The van der Waals surface area contributed by atoms with Gasteiger partial charge in [-0.25, -0.2) is 0 Å². The molecule has 2 atom stereocenters. The van der Waals surface area contributed by atoms with E-state index in [1.54, 1.807) is 0 Å². The maximum Gasteiger partial charge on any atom is -0.00236 e. The summed E-state index contributed by atoms with van der Waals surface area (Å²) < 4.78 is 0. The minimum atomic E-state index is 0.867. The topological polar surface area (TPSA) is 24.1 Å². The number of hydrogen-bond donors (Lipinski definition) is 2. The van der Waals surface area contributed by atoms with Gasteiger partial charge in [0.15, 0.2) is 0 Å². The lowest BCUT2D eigenvalue weighted by Gasteiger charge is -2.19. The minimum Gasteiger partial charge on any atom is -0.319 e. The fourth-order valence-corrected chi connectivity index (χ4v) is 1.95. The first-order valence-electron chi connectivity index (χ1n) is 6.07. The second-order valence-corrected chi connectivity index (χ2v) is 4.24. The van der Waals surface area contributed by atoms with Crippen molar-refractivity contribution >= 4 is 0 Å². The summed E-state index contributed by atoms with van der Waals surface area (Å²) in [5, 5.41) is 6.55. The fourth-order valence-electron chi connectivity index (χ4n) is 1.95. The molecule has 0 amide bonds. The van der Waals surface area contributed by atoms with Gasteiger partial charge in [-0.05, 0) is 51.9 Å². The summed E-state index contributed by atoms with van der Waals surface area (Å²) >= 11 is 0. The molecule has 14 heavy (non-hydrogen) atoms. The molecule has 0 bridgehead atoms. The highest BCUT2D eigenvalue weighted by Gasteiger charge is 2.09. The highest BCUT2D eigenvalue weighted by atomic mass is 14.8. The summed E-state index contributed by atoms with van der Waals surface area (Å²) in [6.07, 6.45) is 5.35. The van der Waals surface area contributed by atoms with Crippen molar-refractivity contribution in [2.45, 2.75) is 39.5 Å². The van der Waals surface area contributed by atoms with Crippen LogP contribution in [0.1, 0.15) is 39.5 Å². The van der Waals surface area contributed by atoms with Gasteiger partial charge in [0.1, 0.15) is 0 Å². The average Bonchev–Trinajstić information content (AvgIpc) is 2.22. The Labute approximate surface area is 89.9 Å². The number of nitrogens with one attached hydrogen (secondary N) is 2. The Bertz CT molecular complexity index is 101. The van der Waals surface area contributed by atoms with Gasteiger partial charge in [0.2, 0.25) is 0 Å². The number of hydrogen-bond acceptors (Lipinski definition) is 2. The van der Waals surface area contributed by atoms with E-state index in [0.29, 0.717) is 0 Å². The largest absolute Gasteiger partial charge is 0.319 e. The maximum atomic E-state index is 3.28. The molecule has 0 aliphatic heterocycles. The molecule has 0 spiro atoms. The van der Waals surface area contributed by atoms with Gasteiger partial charge in [-0.3, -0.25) is 0 Å². The molecular weight excluding hydrogens is 172 g/mol. The summed E-state index contributed by atoms with van der Waals surface area (Å²) in [7, 11) is 4.10. The van der Waals surface area contributed by atoms with Gasteiger partial charge in [-0.1, -0.05) is 26.7 Å². The Kier molecular flexibility index (Phi) is 9.42. The van der Waals surface area contributed by atoms with Crippen molar-refractivity contribution in [1.29, 1.82) is 0 Å². The third kappa shape index (κ3) is 6.39. The van der Waals surface area contributed by atoms with E-state index in [-0.39, 0.29) is 0 Å². The average molecular weight is 200 g/mol. The lowest BCUT2D eigenvalue weighted by atomic mass is 9.92. The van der Waals surface area contributed by atoms with Gasteiger partial charge in [0.05, 0.1) is 0 Å². The zero-order valence-electron chi connectivity index (χ0n) is 10.4. The zero-order valence-corrected chi connectivity index (χ0v) is 10.4. The van der Waals surface area contributed by atoms with Gasteiger partial charge in [-0.15, -0.1) is 0 Å². The molecule has 0 aromatic heterocycles. The van der Waals surface area contributed by atoms with Crippen molar-refractivity contribution in [3.8, 4) is 0 Å². The Morgan fingerprint density at radius 1 is 0.786 bits per heavy atom. The summed E-state index contributed by atoms with van der Waals surface area (Å²) in [5.74, 6) is 1.73. The van der Waals surface area contributed by atoms with Crippen LogP contribution in [0.25, 0.3) is 0 Å². The van der Waals surface area contributed by atoms with Crippen LogP contribution in [0.4, 0.5) is 0 Å². The first kappa shape index (κ1) is 13.9. The molecule has 0 saturated carbocycles. The molecule has 0 rings (SSSR count). The SMILES string of the molecule is CCC(CCC(CC)CNC)CNC.